The van der Waals surface area contributed by atoms with Crippen LogP contribution in [0.1, 0.15) is 34.2 Å². The van der Waals surface area contributed by atoms with Crippen molar-refractivity contribution >= 4 is 15.9 Å². The van der Waals surface area contributed by atoms with Crippen molar-refractivity contribution in [1.82, 2.24) is 9.62 Å². The maximum absolute atomic E-state index is 12.5. The minimum absolute atomic E-state index is 0.0404. The van der Waals surface area contributed by atoms with E-state index < -0.39 is 10.0 Å². The van der Waals surface area contributed by atoms with E-state index in [-0.39, 0.29) is 18.2 Å². The number of rotatable bonds is 5. The molecule has 1 aromatic carbocycles. The van der Waals surface area contributed by atoms with Crippen molar-refractivity contribution in [1.29, 1.82) is 0 Å². The molecule has 1 N–H and O–H groups in total. The zero-order valence-electron chi connectivity index (χ0n) is 13.4. The predicted molar refractivity (Wildman–Crippen MR) is 90.1 cm³/mol. The number of likely N-dealkylation sites (tertiary alicyclic amines) is 1. The Hall–Kier alpha value is -2.12. The van der Waals surface area contributed by atoms with Gasteiger partial charge in [-0.1, -0.05) is 30.3 Å². The van der Waals surface area contributed by atoms with Crippen LogP contribution in [0.5, 0.6) is 0 Å². The number of hydrogen-bond donors (Lipinski definition) is 1. The average Bonchev–Trinajstić information content (AvgIpc) is 3.22. The van der Waals surface area contributed by atoms with Gasteiger partial charge >= 0.3 is 0 Å². The summed E-state index contributed by atoms with van der Waals surface area (Å²) in [7, 11) is -3.29. The van der Waals surface area contributed by atoms with E-state index in [4.69, 9.17) is 4.42 Å². The zero-order chi connectivity index (χ0) is 17.2. The molecule has 1 atom stereocenters. The van der Waals surface area contributed by atoms with Gasteiger partial charge in [0.15, 0.2) is 5.76 Å². The van der Waals surface area contributed by atoms with Crippen LogP contribution in [0.4, 0.5) is 0 Å². The average molecular weight is 348 g/mol. The molecule has 3 rings (SSSR count). The van der Waals surface area contributed by atoms with Gasteiger partial charge in [0.05, 0.1) is 12.8 Å². The fraction of sp³-hybridized carbons (Fsp3) is 0.353. The maximum Gasteiger partial charge on any atom is 0.289 e. The fourth-order valence-corrected chi connectivity index (χ4v) is 3.29. The van der Waals surface area contributed by atoms with Gasteiger partial charge < -0.3 is 9.32 Å². The van der Waals surface area contributed by atoms with Crippen LogP contribution >= 0.6 is 0 Å². The normalized spacial score (nSPS) is 18.0. The molecule has 0 radical (unpaired) electrons. The molecule has 0 spiro atoms. The van der Waals surface area contributed by atoms with Crippen LogP contribution in [0.15, 0.2) is 46.9 Å². The van der Waals surface area contributed by atoms with Gasteiger partial charge in [-0.25, -0.2) is 13.1 Å². The van der Waals surface area contributed by atoms with E-state index in [1.165, 1.54) is 5.56 Å². The lowest BCUT2D eigenvalue weighted by Crippen LogP contribution is -2.28. The van der Waals surface area contributed by atoms with Gasteiger partial charge in [-0.05, 0) is 24.1 Å². The predicted octanol–water partition coefficient (Wildman–Crippen LogP) is 1.96. The van der Waals surface area contributed by atoms with E-state index in [9.17, 15) is 13.2 Å². The van der Waals surface area contributed by atoms with Crippen molar-refractivity contribution in [3.05, 3.63) is 59.5 Å². The van der Waals surface area contributed by atoms with Gasteiger partial charge in [0.1, 0.15) is 5.76 Å². The Morgan fingerprint density at radius 3 is 2.71 bits per heavy atom. The van der Waals surface area contributed by atoms with E-state index in [0.29, 0.717) is 24.8 Å². The Bertz CT molecular complexity index is 814. The number of nitrogens with zero attached hydrogens (tertiary/aromatic N) is 1. The SMILES string of the molecule is CS(=O)(=O)NCc1ccc(C(=O)N2CC[C@H](c3ccccc3)C2)o1. The van der Waals surface area contributed by atoms with Gasteiger partial charge in [0.2, 0.25) is 10.0 Å². The molecule has 1 fully saturated rings. The van der Waals surface area contributed by atoms with Crippen LogP contribution in [0.25, 0.3) is 0 Å². The molecule has 0 unspecified atom stereocenters. The van der Waals surface area contributed by atoms with Crippen LogP contribution in [0.3, 0.4) is 0 Å². The fourth-order valence-electron chi connectivity index (χ4n) is 2.89. The molecule has 6 nitrogen and oxygen atoms in total. The smallest absolute Gasteiger partial charge is 0.289 e. The Kier molecular flexibility index (Phi) is 4.73. The van der Waals surface area contributed by atoms with E-state index in [1.807, 2.05) is 18.2 Å². The third-order valence-corrected chi connectivity index (χ3v) is 4.80. The van der Waals surface area contributed by atoms with Crippen LogP contribution in [-0.2, 0) is 16.6 Å². The van der Waals surface area contributed by atoms with Crippen LogP contribution in [0, 0.1) is 0 Å². The van der Waals surface area contributed by atoms with Gasteiger partial charge in [-0.15, -0.1) is 0 Å². The monoisotopic (exact) mass is 348 g/mol. The molecule has 128 valence electrons. The Morgan fingerprint density at radius 2 is 2.00 bits per heavy atom. The Labute approximate surface area is 141 Å². The topological polar surface area (TPSA) is 79.6 Å². The van der Waals surface area contributed by atoms with Crippen LogP contribution < -0.4 is 4.72 Å². The van der Waals surface area contributed by atoms with Crippen molar-refractivity contribution < 1.29 is 17.6 Å². The largest absolute Gasteiger partial charge is 0.455 e. The highest BCUT2D eigenvalue weighted by Crippen LogP contribution is 2.28. The van der Waals surface area contributed by atoms with E-state index in [1.54, 1.807) is 17.0 Å². The summed E-state index contributed by atoms with van der Waals surface area (Å²) in [4.78, 5) is 14.3. The first kappa shape index (κ1) is 16.7. The summed E-state index contributed by atoms with van der Waals surface area (Å²) < 4.78 is 30.0. The van der Waals surface area contributed by atoms with Crippen molar-refractivity contribution in [3.63, 3.8) is 0 Å². The molecular formula is C17H20N2O4S. The molecular weight excluding hydrogens is 328 g/mol. The molecule has 2 heterocycles. The van der Waals surface area contributed by atoms with Gasteiger partial charge in [-0.2, -0.15) is 0 Å². The summed E-state index contributed by atoms with van der Waals surface area (Å²) in [6.45, 7) is 1.40. The van der Waals surface area contributed by atoms with Gasteiger partial charge in [0.25, 0.3) is 5.91 Å². The van der Waals surface area contributed by atoms with Crippen molar-refractivity contribution in [2.45, 2.75) is 18.9 Å². The van der Waals surface area contributed by atoms with E-state index >= 15 is 0 Å². The molecule has 7 heteroatoms. The first-order valence-electron chi connectivity index (χ1n) is 7.80. The number of nitrogens with one attached hydrogen (secondary N) is 1. The number of amides is 1. The molecule has 24 heavy (non-hydrogen) atoms. The quantitative estimate of drug-likeness (QED) is 0.896. The van der Waals surface area contributed by atoms with Gasteiger partial charge in [-0.3, -0.25) is 4.79 Å². The third-order valence-electron chi connectivity index (χ3n) is 4.13. The Balaban J connectivity index is 1.62. The van der Waals surface area contributed by atoms with Crippen molar-refractivity contribution in [2.75, 3.05) is 19.3 Å². The molecule has 1 saturated heterocycles. The second-order valence-corrected chi connectivity index (χ2v) is 7.84. The number of furan rings is 1. The van der Waals surface area contributed by atoms with E-state index in [0.717, 1.165) is 12.7 Å². The molecule has 1 aliphatic rings. The highest BCUT2D eigenvalue weighted by Gasteiger charge is 2.29. The van der Waals surface area contributed by atoms with Crippen LogP contribution in [0.2, 0.25) is 0 Å². The van der Waals surface area contributed by atoms with Crippen LogP contribution in [-0.4, -0.2) is 38.6 Å². The van der Waals surface area contributed by atoms with Gasteiger partial charge in [0, 0.05) is 19.0 Å². The first-order chi connectivity index (χ1) is 11.4. The Morgan fingerprint density at radius 1 is 1.25 bits per heavy atom. The number of carbonyl (C=O) groups excluding carboxylic acids is 1. The molecule has 0 bridgehead atoms. The second-order valence-electron chi connectivity index (χ2n) is 6.01. The number of hydrogen-bond acceptors (Lipinski definition) is 4. The summed E-state index contributed by atoms with van der Waals surface area (Å²) in [5.41, 5.74) is 1.24. The lowest BCUT2D eigenvalue weighted by atomic mass is 9.99. The summed E-state index contributed by atoms with van der Waals surface area (Å²) in [6, 6.07) is 13.4. The van der Waals surface area contributed by atoms with Crippen molar-refractivity contribution in [2.24, 2.45) is 0 Å². The number of sulfonamides is 1. The molecule has 0 saturated carbocycles. The number of benzene rings is 1. The molecule has 2 aromatic rings. The minimum atomic E-state index is -3.29. The first-order valence-corrected chi connectivity index (χ1v) is 9.69. The summed E-state index contributed by atoms with van der Waals surface area (Å²) in [5, 5.41) is 0. The molecule has 1 amide bonds. The lowest BCUT2D eigenvalue weighted by Gasteiger charge is -2.15. The zero-order valence-corrected chi connectivity index (χ0v) is 14.3. The molecule has 0 aliphatic carbocycles. The lowest BCUT2D eigenvalue weighted by molar-refractivity contribution is 0.0757. The highest BCUT2D eigenvalue weighted by molar-refractivity contribution is 7.88. The van der Waals surface area contributed by atoms with E-state index in [2.05, 4.69) is 16.9 Å². The second kappa shape index (κ2) is 6.78. The summed E-state index contributed by atoms with van der Waals surface area (Å²) in [5.74, 6) is 0.854. The standard InChI is InChI=1S/C17H20N2O4S/c1-24(21,22)18-11-15-7-8-16(23-15)17(20)19-10-9-14(12-19)13-5-3-2-4-6-13/h2-8,14,18H,9-12H2,1H3/t14-/m0/s1. The molecule has 1 aromatic heterocycles. The highest BCUT2D eigenvalue weighted by atomic mass is 32.2. The summed E-state index contributed by atoms with van der Waals surface area (Å²) in [6.07, 6.45) is 2.01. The summed E-state index contributed by atoms with van der Waals surface area (Å²) >= 11 is 0. The third kappa shape index (κ3) is 4.04. The minimum Gasteiger partial charge on any atom is -0.455 e. The number of carbonyl (C=O) groups is 1. The molecule has 1 aliphatic heterocycles. The van der Waals surface area contributed by atoms with Crippen molar-refractivity contribution in [3.8, 4) is 0 Å². The maximum atomic E-state index is 12.5.